The number of rotatable bonds is 4. The Morgan fingerprint density at radius 2 is 1.82 bits per heavy atom. The summed E-state index contributed by atoms with van der Waals surface area (Å²) in [6, 6.07) is 11.9. The van der Waals surface area contributed by atoms with E-state index in [1.807, 2.05) is 24.3 Å². The van der Waals surface area contributed by atoms with Crippen molar-refractivity contribution in [2.24, 2.45) is 0 Å². The highest BCUT2D eigenvalue weighted by molar-refractivity contribution is 5.50. The summed E-state index contributed by atoms with van der Waals surface area (Å²) in [4.78, 5) is 8.14. The number of aromatic nitrogens is 2. The molecule has 1 aromatic carbocycles. The van der Waals surface area contributed by atoms with Crippen molar-refractivity contribution < 1.29 is 0 Å². The highest BCUT2D eigenvalue weighted by Crippen LogP contribution is 2.12. The van der Waals surface area contributed by atoms with Gasteiger partial charge in [-0.2, -0.15) is 9.97 Å². The molecule has 88 valence electrons. The smallest absolute Gasteiger partial charge is 0.223 e. The summed E-state index contributed by atoms with van der Waals surface area (Å²) in [5.41, 5.74) is 6.79. The number of nitrogens with zero attached hydrogens (tertiary/aromatic N) is 2. The van der Waals surface area contributed by atoms with Gasteiger partial charge in [-0.05, 0) is 5.56 Å². The predicted octanol–water partition coefficient (Wildman–Crippen LogP) is 1.71. The predicted molar refractivity (Wildman–Crippen MR) is 69.8 cm³/mol. The molecule has 0 atom stereocenters. The molecule has 4 N–H and O–H groups in total. The lowest BCUT2D eigenvalue weighted by molar-refractivity contribution is 1.09. The van der Waals surface area contributed by atoms with Gasteiger partial charge in [-0.3, -0.25) is 0 Å². The Bertz CT molecular complexity index is 484. The summed E-state index contributed by atoms with van der Waals surface area (Å²) < 4.78 is 0. The molecule has 17 heavy (non-hydrogen) atoms. The molecule has 0 radical (unpaired) electrons. The fraction of sp³-hybridized carbons (Fsp3) is 0.167. The van der Waals surface area contributed by atoms with Gasteiger partial charge < -0.3 is 16.4 Å². The molecule has 0 bridgehead atoms. The van der Waals surface area contributed by atoms with Crippen LogP contribution in [0.25, 0.3) is 0 Å². The quantitative estimate of drug-likeness (QED) is 0.744. The van der Waals surface area contributed by atoms with Gasteiger partial charge in [0, 0.05) is 19.7 Å². The van der Waals surface area contributed by atoms with Crippen LogP contribution in [-0.2, 0) is 6.54 Å². The largest absolute Gasteiger partial charge is 0.373 e. The average molecular weight is 229 g/mol. The summed E-state index contributed by atoms with van der Waals surface area (Å²) in [6.45, 7) is 0.709. The molecule has 0 saturated heterocycles. The Balaban J connectivity index is 2.06. The van der Waals surface area contributed by atoms with Crippen LogP contribution in [0.2, 0.25) is 0 Å². The van der Waals surface area contributed by atoms with E-state index in [0.717, 1.165) is 0 Å². The van der Waals surface area contributed by atoms with Crippen molar-refractivity contribution in [1.29, 1.82) is 0 Å². The molecule has 1 aromatic heterocycles. The van der Waals surface area contributed by atoms with Gasteiger partial charge in [0.25, 0.3) is 0 Å². The summed E-state index contributed by atoms with van der Waals surface area (Å²) in [5, 5.41) is 6.14. The van der Waals surface area contributed by atoms with E-state index in [9.17, 15) is 0 Å². The number of nitrogen functional groups attached to an aromatic ring is 1. The van der Waals surface area contributed by atoms with Gasteiger partial charge in [0.2, 0.25) is 5.95 Å². The van der Waals surface area contributed by atoms with Crippen molar-refractivity contribution in [2.75, 3.05) is 23.4 Å². The Kier molecular flexibility index (Phi) is 3.40. The van der Waals surface area contributed by atoms with Gasteiger partial charge in [0.1, 0.15) is 11.6 Å². The third-order valence-electron chi connectivity index (χ3n) is 2.32. The second-order valence-corrected chi connectivity index (χ2v) is 3.59. The molecule has 2 aromatic rings. The summed E-state index contributed by atoms with van der Waals surface area (Å²) in [5.74, 6) is 1.67. The maximum Gasteiger partial charge on any atom is 0.223 e. The molecule has 5 nitrogen and oxygen atoms in total. The van der Waals surface area contributed by atoms with E-state index < -0.39 is 0 Å². The van der Waals surface area contributed by atoms with Gasteiger partial charge in [0.05, 0.1) is 0 Å². The third-order valence-corrected chi connectivity index (χ3v) is 2.32. The molecule has 0 aliphatic rings. The highest BCUT2D eigenvalue weighted by atomic mass is 15.1. The summed E-state index contributed by atoms with van der Waals surface area (Å²) in [7, 11) is 1.79. The topological polar surface area (TPSA) is 75.9 Å². The number of benzene rings is 1. The molecule has 0 spiro atoms. The molecular weight excluding hydrogens is 214 g/mol. The van der Waals surface area contributed by atoms with Crippen LogP contribution < -0.4 is 16.4 Å². The van der Waals surface area contributed by atoms with Crippen LogP contribution in [0.3, 0.4) is 0 Å². The minimum absolute atomic E-state index is 0.257. The van der Waals surface area contributed by atoms with Crippen molar-refractivity contribution in [1.82, 2.24) is 9.97 Å². The first-order valence-corrected chi connectivity index (χ1v) is 5.38. The van der Waals surface area contributed by atoms with E-state index in [-0.39, 0.29) is 5.95 Å². The zero-order valence-corrected chi connectivity index (χ0v) is 9.64. The monoisotopic (exact) mass is 229 g/mol. The minimum atomic E-state index is 0.257. The van der Waals surface area contributed by atoms with Gasteiger partial charge in [0.15, 0.2) is 0 Å². The lowest BCUT2D eigenvalue weighted by Crippen LogP contribution is -2.06. The van der Waals surface area contributed by atoms with Crippen LogP contribution in [0.15, 0.2) is 36.4 Å². The molecule has 2 rings (SSSR count). The van der Waals surface area contributed by atoms with Gasteiger partial charge in [-0.25, -0.2) is 0 Å². The molecule has 0 unspecified atom stereocenters. The minimum Gasteiger partial charge on any atom is -0.373 e. The van der Waals surface area contributed by atoms with Crippen LogP contribution >= 0.6 is 0 Å². The Morgan fingerprint density at radius 1 is 1.12 bits per heavy atom. The van der Waals surface area contributed by atoms with Crippen molar-refractivity contribution in [3.05, 3.63) is 42.0 Å². The van der Waals surface area contributed by atoms with E-state index in [1.54, 1.807) is 7.05 Å². The average Bonchev–Trinajstić information content (AvgIpc) is 2.37. The van der Waals surface area contributed by atoms with Crippen molar-refractivity contribution in [3.63, 3.8) is 0 Å². The highest BCUT2D eigenvalue weighted by Gasteiger charge is 2.00. The zero-order chi connectivity index (χ0) is 12.1. The maximum atomic E-state index is 5.60. The van der Waals surface area contributed by atoms with E-state index in [4.69, 9.17) is 5.73 Å². The van der Waals surface area contributed by atoms with Crippen molar-refractivity contribution in [3.8, 4) is 0 Å². The molecule has 0 saturated carbocycles. The number of hydrogen-bond donors (Lipinski definition) is 3. The van der Waals surface area contributed by atoms with Crippen LogP contribution in [-0.4, -0.2) is 17.0 Å². The molecule has 0 fully saturated rings. The zero-order valence-electron chi connectivity index (χ0n) is 9.64. The Hall–Kier alpha value is -2.30. The fourth-order valence-corrected chi connectivity index (χ4v) is 1.47. The first-order chi connectivity index (χ1) is 8.28. The molecule has 0 amide bonds. The van der Waals surface area contributed by atoms with Gasteiger partial charge >= 0.3 is 0 Å². The molecule has 0 aliphatic carbocycles. The first kappa shape index (κ1) is 11.2. The molecule has 0 aliphatic heterocycles. The van der Waals surface area contributed by atoms with Gasteiger partial charge in [-0.15, -0.1) is 0 Å². The third kappa shape index (κ3) is 3.07. The second kappa shape index (κ2) is 5.16. The number of anilines is 3. The van der Waals surface area contributed by atoms with Crippen LogP contribution in [0.1, 0.15) is 5.56 Å². The lowest BCUT2D eigenvalue weighted by atomic mass is 10.2. The lowest BCUT2D eigenvalue weighted by Gasteiger charge is -2.08. The standard InChI is InChI=1S/C12H15N5/c1-14-10-7-11(17-12(13)16-10)15-8-9-5-3-2-4-6-9/h2-7H,8H2,1H3,(H4,13,14,15,16,17). The Labute approximate surface area is 100 Å². The van der Waals surface area contributed by atoms with E-state index in [0.29, 0.717) is 18.2 Å². The van der Waals surface area contributed by atoms with Crippen molar-refractivity contribution in [2.45, 2.75) is 6.54 Å². The van der Waals surface area contributed by atoms with E-state index in [1.165, 1.54) is 5.56 Å². The summed E-state index contributed by atoms with van der Waals surface area (Å²) >= 11 is 0. The molecular formula is C12H15N5. The maximum absolute atomic E-state index is 5.60. The number of nitrogens with one attached hydrogen (secondary N) is 2. The number of hydrogen-bond acceptors (Lipinski definition) is 5. The second-order valence-electron chi connectivity index (χ2n) is 3.59. The fourth-order valence-electron chi connectivity index (χ4n) is 1.47. The van der Waals surface area contributed by atoms with Gasteiger partial charge in [-0.1, -0.05) is 30.3 Å². The SMILES string of the molecule is CNc1cc(NCc2ccccc2)nc(N)n1. The van der Waals surface area contributed by atoms with E-state index in [2.05, 4.69) is 32.7 Å². The van der Waals surface area contributed by atoms with Crippen LogP contribution in [0.5, 0.6) is 0 Å². The summed E-state index contributed by atoms with van der Waals surface area (Å²) in [6.07, 6.45) is 0. The first-order valence-electron chi connectivity index (χ1n) is 5.38. The van der Waals surface area contributed by atoms with Crippen LogP contribution in [0.4, 0.5) is 17.6 Å². The normalized spacial score (nSPS) is 9.94. The number of nitrogens with two attached hydrogens (primary N) is 1. The Morgan fingerprint density at radius 3 is 2.53 bits per heavy atom. The molecule has 5 heteroatoms. The van der Waals surface area contributed by atoms with Crippen LogP contribution in [0, 0.1) is 0 Å². The van der Waals surface area contributed by atoms with E-state index >= 15 is 0 Å². The van der Waals surface area contributed by atoms with Crippen molar-refractivity contribution >= 4 is 17.6 Å². The molecule has 1 heterocycles.